The van der Waals surface area contributed by atoms with E-state index >= 15 is 0 Å². The lowest BCUT2D eigenvalue weighted by molar-refractivity contribution is -0.711. The van der Waals surface area contributed by atoms with Crippen LogP contribution in [0.25, 0.3) is 0 Å². The summed E-state index contributed by atoms with van der Waals surface area (Å²) in [6.45, 7) is 2.49. The average Bonchev–Trinajstić information content (AvgIpc) is 2.54. The van der Waals surface area contributed by atoms with Gasteiger partial charge in [0.2, 0.25) is 5.91 Å². The molecule has 2 aromatic rings. The third-order valence-electron chi connectivity index (χ3n) is 3.92. The number of quaternary nitrogens is 1. The molecule has 0 radical (unpaired) electrons. The minimum Gasteiger partial charge on any atom is -0.336 e. The van der Waals surface area contributed by atoms with Gasteiger partial charge in [-0.1, -0.05) is 30.3 Å². The number of benzene rings is 2. The molecule has 0 aliphatic carbocycles. The van der Waals surface area contributed by atoms with Crippen LogP contribution in [-0.2, 0) is 11.3 Å². The summed E-state index contributed by atoms with van der Waals surface area (Å²) in [5.74, 6) is 1.16. The van der Waals surface area contributed by atoms with Gasteiger partial charge in [0.05, 0.1) is 0 Å². The predicted octanol–water partition coefficient (Wildman–Crippen LogP) is 2.95. The first-order chi connectivity index (χ1) is 10.7. The summed E-state index contributed by atoms with van der Waals surface area (Å²) in [4.78, 5) is 12.5. The quantitative estimate of drug-likeness (QED) is 0.911. The molecule has 0 unspecified atom stereocenters. The zero-order chi connectivity index (χ0) is 15.4. The average molecular weight is 313 g/mol. The molecule has 3 N–H and O–H groups in total. The summed E-state index contributed by atoms with van der Waals surface area (Å²) in [7, 11) is 0. The molecule has 1 amide bonds. The zero-order valence-corrected chi connectivity index (χ0v) is 13.5. The third kappa shape index (κ3) is 3.70. The molecule has 0 spiro atoms. The van der Waals surface area contributed by atoms with Crippen molar-refractivity contribution in [1.29, 1.82) is 0 Å². The highest BCUT2D eigenvalue weighted by Crippen LogP contribution is 2.33. The summed E-state index contributed by atoms with van der Waals surface area (Å²) in [5.41, 5.74) is 3.61. The zero-order valence-electron chi connectivity index (χ0n) is 12.7. The maximum absolute atomic E-state index is 11.0. The molecule has 3 rings (SSSR count). The second kappa shape index (κ2) is 6.99. The number of nitrogens with two attached hydrogens (primary N) is 1. The molecule has 4 heteroatoms. The number of fused-ring (bicyclic) bond motifs is 1. The van der Waals surface area contributed by atoms with Gasteiger partial charge in [0, 0.05) is 40.8 Å². The monoisotopic (exact) mass is 313 g/mol. The van der Waals surface area contributed by atoms with Crippen molar-refractivity contribution < 1.29 is 10.1 Å². The molecule has 1 heterocycles. The number of carbonyl (C=O) groups excluding carboxylic acids is 1. The van der Waals surface area contributed by atoms with Crippen LogP contribution in [-0.4, -0.2) is 11.7 Å². The van der Waals surface area contributed by atoms with Gasteiger partial charge in [-0.25, -0.2) is 0 Å². The van der Waals surface area contributed by atoms with E-state index in [1.54, 1.807) is 0 Å². The van der Waals surface area contributed by atoms with Crippen LogP contribution in [0, 0.1) is 0 Å². The SMILES string of the molecule is CC(=O)Nc1ccc(C[NH2+][C@@H]2CCSc3ccccc32)cc1. The number of anilines is 1. The van der Waals surface area contributed by atoms with Crippen LogP contribution in [0.5, 0.6) is 0 Å². The van der Waals surface area contributed by atoms with Gasteiger partial charge in [0.1, 0.15) is 12.6 Å². The number of amides is 1. The van der Waals surface area contributed by atoms with Gasteiger partial charge < -0.3 is 10.6 Å². The number of rotatable bonds is 4. The first kappa shape index (κ1) is 15.1. The van der Waals surface area contributed by atoms with Crippen LogP contribution in [0.2, 0.25) is 0 Å². The van der Waals surface area contributed by atoms with Gasteiger partial charge in [-0.15, -0.1) is 11.8 Å². The van der Waals surface area contributed by atoms with Crippen LogP contribution in [0.15, 0.2) is 53.4 Å². The van der Waals surface area contributed by atoms with Crippen LogP contribution >= 0.6 is 11.8 Å². The highest BCUT2D eigenvalue weighted by molar-refractivity contribution is 7.99. The topological polar surface area (TPSA) is 45.7 Å². The molecule has 0 bridgehead atoms. The number of hydrogen-bond acceptors (Lipinski definition) is 2. The lowest BCUT2D eigenvalue weighted by atomic mass is 10.0. The third-order valence-corrected chi connectivity index (χ3v) is 5.04. The second-order valence-electron chi connectivity index (χ2n) is 5.60. The Morgan fingerprint density at radius 1 is 1.23 bits per heavy atom. The lowest BCUT2D eigenvalue weighted by Crippen LogP contribution is -2.84. The van der Waals surface area contributed by atoms with E-state index in [9.17, 15) is 4.79 Å². The normalized spacial score (nSPS) is 16.9. The molecule has 0 fully saturated rings. The smallest absolute Gasteiger partial charge is 0.221 e. The summed E-state index contributed by atoms with van der Waals surface area (Å²) < 4.78 is 0. The van der Waals surface area contributed by atoms with Crippen LogP contribution in [0.1, 0.15) is 30.5 Å². The summed E-state index contributed by atoms with van der Waals surface area (Å²) in [6.07, 6.45) is 1.21. The Kier molecular flexibility index (Phi) is 4.80. The van der Waals surface area contributed by atoms with Crippen LogP contribution in [0.3, 0.4) is 0 Å². The molecule has 0 saturated carbocycles. The van der Waals surface area contributed by atoms with Crippen LogP contribution < -0.4 is 10.6 Å². The van der Waals surface area contributed by atoms with Crippen molar-refractivity contribution in [2.24, 2.45) is 0 Å². The van der Waals surface area contributed by atoms with Crippen LogP contribution in [0.4, 0.5) is 5.69 Å². The largest absolute Gasteiger partial charge is 0.336 e. The van der Waals surface area contributed by atoms with Gasteiger partial charge >= 0.3 is 0 Å². The molecule has 1 atom stereocenters. The number of thioether (sulfide) groups is 1. The van der Waals surface area contributed by atoms with E-state index in [1.165, 1.54) is 35.1 Å². The number of carbonyl (C=O) groups is 1. The first-order valence-electron chi connectivity index (χ1n) is 7.64. The highest BCUT2D eigenvalue weighted by Gasteiger charge is 2.22. The molecular weight excluding hydrogens is 292 g/mol. The van der Waals surface area contributed by atoms with E-state index in [-0.39, 0.29) is 5.91 Å². The highest BCUT2D eigenvalue weighted by atomic mass is 32.2. The van der Waals surface area contributed by atoms with Gasteiger partial charge in [0.15, 0.2) is 0 Å². The second-order valence-corrected chi connectivity index (χ2v) is 6.74. The molecule has 3 nitrogen and oxygen atoms in total. The standard InChI is InChI=1S/C18H20N2OS/c1-13(21)20-15-8-6-14(7-9-15)12-19-17-10-11-22-18-5-3-2-4-16(17)18/h2-9,17,19H,10-12H2,1H3,(H,20,21)/p+1/t17-/m1/s1. The minimum absolute atomic E-state index is 0.0318. The molecule has 2 aromatic carbocycles. The lowest BCUT2D eigenvalue weighted by Gasteiger charge is -2.23. The van der Waals surface area contributed by atoms with Gasteiger partial charge in [-0.3, -0.25) is 4.79 Å². The maximum Gasteiger partial charge on any atom is 0.221 e. The molecule has 1 aliphatic heterocycles. The molecular formula is C18H21N2OS+. The van der Waals surface area contributed by atoms with E-state index in [4.69, 9.17) is 0 Å². The Morgan fingerprint density at radius 2 is 2.00 bits per heavy atom. The Bertz CT molecular complexity index is 654. The fourth-order valence-corrected chi connectivity index (χ4v) is 3.97. The Hall–Kier alpha value is -1.78. The molecule has 114 valence electrons. The Balaban J connectivity index is 1.62. The molecule has 0 saturated heterocycles. The maximum atomic E-state index is 11.0. The first-order valence-corrected chi connectivity index (χ1v) is 8.62. The van der Waals surface area contributed by atoms with Gasteiger partial charge in [-0.2, -0.15) is 0 Å². The van der Waals surface area contributed by atoms with E-state index in [0.717, 1.165) is 12.2 Å². The number of hydrogen-bond donors (Lipinski definition) is 2. The van der Waals surface area contributed by atoms with Crippen molar-refractivity contribution in [1.82, 2.24) is 0 Å². The molecule has 22 heavy (non-hydrogen) atoms. The summed E-state index contributed by atoms with van der Waals surface area (Å²) in [6, 6.07) is 17.4. The molecule has 0 aromatic heterocycles. The Labute approximate surface area is 135 Å². The number of nitrogens with one attached hydrogen (secondary N) is 1. The fraction of sp³-hybridized carbons (Fsp3) is 0.278. The molecule has 1 aliphatic rings. The Morgan fingerprint density at radius 3 is 2.77 bits per heavy atom. The van der Waals surface area contributed by atoms with E-state index in [0.29, 0.717) is 6.04 Å². The van der Waals surface area contributed by atoms with Crippen molar-refractivity contribution >= 4 is 23.4 Å². The predicted molar refractivity (Wildman–Crippen MR) is 90.9 cm³/mol. The van der Waals surface area contributed by atoms with E-state index in [1.807, 2.05) is 23.9 Å². The summed E-state index contributed by atoms with van der Waals surface area (Å²) in [5, 5.41) is 5.22. The minimum atomic E-state index is -0.0318. The van der Waals surface area contributed by atoms with Crippen molar-refractivity contribution in [3.05, 3.63) is 59.7 Å². The van der Waals surface area contributed by atoms with Crippen molar-refractivity contribution in [2.45, 2.75) is 30.8 Å². The fourth-order valence-electron chi connectivity index (χ4n) is 2.82. The van der Waals surface area contributed by atoms with Gasteiger partial charge in [-0.05, 0) is 18.2 Å². The van der Waals surface area contributed by atoms with E-state index in [2.05, 4.69) is 47.0 Å². The van der Waals surface area contributed by atoms with Crippen molar-refractivity contribution in [2.75, 3.05) is 11.1 Å². The van der Waals surface area contributed by atoms with Crippen molar-refractivity contribution in [3.8, 4) is 0 Å². The van der Waals surface area contributed by atoms with E-state index < -0.39 is 0 Å². The van der Waals surface area contributed by atoms with Crippen molar-refractivity contribution in [3.63, 3.8) is 0 Å². The van der Waals surface area contributed by atoms with Gasteiger partial charge in [0.25, 0.3) is 0 Å². The summed E-state index contributed by atoms with van der Waals surface area (Å²) >= 11 is 1.96.